The lowest BCUT2D eigenvalue weighted by Crippen LogP contribution is -1.98. The summed E-state index contributed by atoms with van der Waals surface area (Å²) in [6.07, 6.45) is 1.05. The van der Waals surface area contributed by atoms with E-state index in [1.807, 2.05) is 0 Å². The molecule has 0 unspecified atom stereocenters. The lowest BCUT2D eigenvalue weighted by molar-refractivity contribution is 0.287. The van der Waals surface area contributed by atoms with Gasteiger partial charge in [0.25, 0.3) is 0 Å². The highest BCUT2D eigenvalue weighted by Crippen LogP contribution is 2.30. The summed E-state index contributed by atoms with van der Waals surface area (Å²) in [5.41, 5.74) is 0.614. The van der Waals surface area contributed by atoms with Crippen molar-refractivity contribution < 1.29 is 14.2 Å². The van der Waals surface area contributed by atoms with Gasteiger partial charge in [-0.2, -0.15) is 0 Å². The zero-order valence-electron chi connectivity index (χ0n) is 7.89. The maximum atomic E-state index is 13.2. The van der Waals surface area contributed by atoms with E-state index in [4.69, 9.17) is 21.4 Å². The minimum Gasteiger partial charge on any atom is -0.493 e. The molecular formula is C10H12ClFO2. The SMILES string of the molecule is COc1c(F)ccc(Cl)c1CCCO. The Kier molecular flexibility index (Phi) is 4.17. The molecule has 0 saturated carbocycles. The first-order valence-corrected chi connectivity index (χ1v) is 4.70. The van der Waals surface area contributed by atoms with Gasteiger partial charge in [-0.05, 0) is 25.0 Å². The molecule has 78 valence electrons. The molecular weight excluding hydrogens is 207 g/mol. The van der Waals surface area contributed by atoms with Gasteiger partial charge in [-0.3, -0.25) is 0 Å². The average molecular weight is 219 g/mol. The summed E-state index contributed by atoms with van der Waals surface area (Å²) in [6.45, 7) is 0.0516. The Labute approximate surface area is 87.3 Å². The average Bonchev–Trinajstić information content (AvgIpc) is 2.19. The Bertz CT molecular complexity index is 315. The van der Waals surface area contributed by atoms with Crippen molar-refractivity contribution in [2.45, 2.75) is 12.8 Å². The molecule has 0 radical (unpaired) electrons. The van der Waals surface area contributed by atoms with E-state index >= 15 is 0 Å². The topological polar surface area (TPSA) is 29.5 Å². The van der Waals surface area contributed by atoms with Crippen molar-refractivity contribution >= 4 is 11.6 Å². The monoisotopic (exact) mass is 218 g/mol. The van der Waals surface area contributed by atoms with E-state index in [9.17, 15) is 4.39 Å². The third-order valence-electron chi connectivity index (χ3n) is 1.94. The van der Waals surface area contributed by atoms with Crippen molar-refractivity contribution in [2.75, 3.05) is 13.7 Å². The Balaban J connectivity index is 3.03. The molecule has 1 rings (SSSR count). The minimum atomic E-state index is -0.426. The first kappa shape index (κ1) is 11.3. The normalized spacial score (nSPS) is 10.3. The minimum absolute atomic E-state index is 0.0516. The Morgan fingerprint density at radius 1 is 1.50 bits per heavy atom. The van der Waals surface area contributed by atoms with E-state index < -0.39 is 5.82 Å². The standard InChI is InChI=1S/C10H12ClFO2/c1-14-10-7(3-2-6-13)8(11)4-5-9(10)12/h4-5,13H,2-3,6H2,1H3. The van der Waals surface area contributed by atoms with E-state index in [1.54, 1.807) is 0 Å². The van der Waals surface area contributed by atoms with Crippen LogP contribution in [0.2, 0.25) is 5.02 Å². The molecule has 0 aliphatic heterocycles. The van der Waals surface area contributed by atoms with Crippen molar-refractivity contribution in [2.24, 2.45) is 0 Å². The predicted octanol–water partition coefficient (Wildman–Crippen LogP) is 2.41. The number of rotatable bonds is 4. The number of hydrogen-bond donors (Lipinski definition) is 1. The third-order valence-corrected chi connectivity index (χ3v) is 2.30. The second-order valence-corrected chi connectivity index (χ2v) is 3.28. The van der Waals surface area contributed by atoms with Crippen LogP contribution in [0.1, 0.15) is 12.0 Å². The molecule has 0 heterocycles. The van der Waals surface area contributed by atoms with Gasteiger partial charge in [-0.1, -0.05) is 11.6 Å². The van der Waals surface area contributed by atoms with Gasteiger partial charge in [0, 0.05) is 17.2 Å². The maximum Gasteiger partial charge on any atom is 0.165 e. The fourth-order valence-electron chi connectivity index (χ4n) is 1.28. The number of ether oxygens (including phenoxy) is 1. The van der Waals surface area contributed by atoms with Crippen LogP contribution in [-0.2, 0) is 6.42 Å². The quantitative estimate of drug-likeness (QED) is 0.841. The number of aliphatic hydroxyl groups is 1. The second kappa shape index (κ2) is 5.17. The lowest BCUT2D eigenvalue weighted by atomic mass is 10.1. The van der Waals surface area contributed by atoms with Crippen molar-refractivity contribution in [3.63, 3.8) is 0 Å². The number of aliphatic hydroxyl groups excluding tert-OH is 1. The number of methoxy groups -OCH3 is 1. The van der Waals surface area contributed by atoms with E-state index in [-0.39, 0.29) is 12.4 Å². The zero-order chi connectivity index (χ0) is 10.6. The van der Waals surface area contributed by atoms with Crippen molar-refractivity contribution in [1.82, 2.24) is 0 Å². The predicted molar refractivity (Wildman–Crippen MR) is 53.4 cm³/mol. The van der Waals surface area contributed by atoms with E-state index in [1.165, 1.54) is 19.2 Å². The highest BCUT2D eigenvalue weighted by Gasteiger charge is 2.12. The molecule has 1 N–H and O–H groups in total. The fourth-order valence-corrected chi connectivity index (χ4v) is 1.53. The highest BCUT2D eigenvalue weighted by molar-refractivity contribution is 6.31. The van der Waals surface area contributed by atoms with E-state index in [2.05, 4.69) is 0 Å². The van der Waals surface area contributed by atoms with Crippen LogP contribution >= 0.6 is 11.6 Å². The summed E-state index contributed by atoms with van der Waals surface area (Å²) < 4.78 is 18.1. The molecule has 0 aliphatic carbocycles. The van der Waals surface area contributed by atoms with E-state index in [0.29, 0.717) is 23.4 Å². The maximum absolute atomic E-state index is 13.2. The lowest BCUT2D eigenvalue weighted by Gasteiger charge is -2.10. The van der Waals surface area contributed by atoms with Crippen LogP contribution in [0.15, 0.2) is 12.1 Å². The van der Waals surface area contributed by atoms with Crippen molar-refractivity contribution in [3.05, 3.63) is 28.5 Å². The molecule has 0 saturated heterocycles. The van der Waals surface area contributed by atoms with Gasteiger partial charge in [-0.15, -0.1) is 0 Å². The largest absolute Gasteiger partial charge is 0.493 e. The first-order chi connectivity index (χ1) is 6.70. The summed E-state index contributed by atoms with van der Waals surface area (Å²) in [5.74, 6) is -0.254. The van der Waals surface area contributed by atoms with Gasteiger partial charge < -0.3 is 9.84 Å². The number of benzene rings is 1. The molecule has 0 aromatic heterocycles. The molecule has 0 aliphatic rings. The van der Waals surface area contributed by atoms with Gasteiger partial charge in [0.05, 0.1) is 7.11 Å². The van der Waals surface area contributed by atoms with Gasteiger partial charge in [-0.25, -0.2) is 4.39 Å². The van der Waals surface area contributed by atoms with Crippen LogP contribution in [0.5, 0.6) is 5.75 Å². The third kappa shape index (κ3) is 2.36. The second-order valence-electron chi connectivity index (χ2n) is 2.87. The molecule has 0 spiro atoms. The molecule has 4 heteroatoms. The van der Waals surface area contributed by atoms with Crippen LogP contribution in [0.25, 0.3) is 0 Å². The number of hydrogen-bond acceptors (Lipinski definition) is 2. The smallest absolute Gasteiger partial charge is 0.165 e. The molecule has 0 bridgehead atoms. The summed E-state index contributed by atoms with van der Waals surface area (Å²) in [6, 6.07) is 2.76. The van der Waals surface area contributed by atoms with Crippen LogP contribution in [-0.4, -0.2) is 18.8 Å². The van der Waals surface area contributed by atoms with Crippen LogP contribution in [0.4, 0.5) is 4.39 Å². The summed E-state index contributed by atoms with van der Waals surface area (Å²) >= 11 is 5.89. The molecule has 1 aromatic carbocycles. The molecule has 1 aromatic rings. The summed E-state index contributed by atoms with van der Waals surface area (Å²) in [7, 11) is 1.40. The van der Waals surface area contributed by atoms with Crippen LogP contribution in [0, 0.1) is 5.82 Å². The Morgan fingerprint density at radius 3 is 2.79 bits per heavy atom. The Hall–Kier alpha value is -0.800. The fraction of sp³-hybridized carbons (Fsp3) is 0.400. The van der Waals surface area contributed by atoms with Crippen LogP contribution in [0.3, 0.4) is 0 Å². The molecule has 0 atom stereocenters. The first-order valence-electron chi connectivity index (χ1n) is 4.32. The Morgan fingerprint density at radius 2 is 2.21 bits per heavy atom. The van der Waals surface area contributed by atoms with Crippen molar-refractivity contribution in [1.29, 1.82) is 0 Å². The highest BCUT2D eigenvalue weighted by atomic mass is 35.5. The summed E-state index contributed by atoms with van der Waals surface area (Å²) in [5, 5.41) is 9.14. The zero-order valence-corrected chi connectivity index (χ0v) is 8.64. The molecule has 14 heavy (non-hydrogen) atoms. The molecule has 0 fully saturated rings. The molecule has 2 nitrogen and oxygen atoms in total. The van der Waals surface area contributed by atoms with Gasteiger partial charge in [0.15, 0.2) is 11.6 Å². The van der Waals surface area contributed by atoms with Crippen molar-refractivity contribution in [3.8, 4) is 5.75 Å². The molecule has 0 amide bonds. The van der Waals surface area contributed by atoms with Gasteiger partial charge in [0.2, 0.25) is 0 Å². The van der Waals surface area contributed by atoms with E-state index in [0.717, 1.165) is 0 Å². The van der Waals surface area contributed by atoms with Crippen LogP contribution < -0.4 is 4.74 Å². The summed E-state index contributed by atoms with van der Waals surface area (Å²) in [4.78, 5) is 0. The van der Waals surface area contributed by atoms with Gasteiger partial charge >= 0.3 is 0 Å². The van der Waals surface area contributed by atoms with Gasteiger partial charge in [0.1, 0.15) is 0 Å². The number of halogens is 2.